The van der Waals surface area contributed by atoms with Gasteiger partial charge in [0.15, 0.2) is 23.4 Å². The van der Waals surface area contributed by atoms with Crippen LogP contribution in [-0.2, 0) is 11.2 Å². The van der Waals surface area contributed by atoms with E-state index in [0.29, 0.717) is 22.3 Å². The van der Waals surface area contributed by atoms with Gasteiger partial charge in [-0.25, -0.2) is 0 Å². The van der Waals surface area contributed by atoms with Crippen molar-refractivity contribution in [3.05, 3.63) is 45.6 Å². The fourth-order valence-corrected chi connectivity index (χ4v) is 3.01. The van der Waals surface area contributed by atoms with Gasteiger partial charge in [-0.3, -0.25) is 4.79 Å². The van der Waals surface area contributed by atoms with E-state index in [9.17, 15) is 4.79 Å². The number of halogens is 1. The maximum Gasteiger partial charge on any atom is 0.191 e. The number of benzene rings is 1. The Morgan fingerprint density at radius 3 is 2.79 bits per heavy atom. The van der Waals surface area contributed by atoms with Crippen molar-refractivity contribution in [1.29, 1.82) is 0 Å². The average Bonchev–Trinajstić information content (AvgIpc) is 2.83. The zero-order valence-electron chi connectivity index (χ0n) is 9.97. The maximum absolute atomic E-state index is 12.1. The summed E-state index contributed by atoms with van der Waals surface area (Å²) in [4.78, 5) is 13.1. The summed E-state index contributed by atoms with van der Waals surface area (Å²) < 4.78 is 11.9. The molecule has 98 valence electrons. The number of carbonyl (C=O) groups is 1. The van der Waals surface area contributed by atoms with E-state index in [0.717, 1.165) is 4.88 Å². The number of hydrogen-bond acceptors (Lipinski definition) is 4. The van der Waals surface area contributed by atoms with Crippen LogP contribution >= 0.6 is 22.9 Å². The summed E-state index contributed by atoms with van der Waals surface area (Å²) in [5.41, 5.74) is 0. The van der Waals surface area contributed by atoms with Crippen LogP contribution in [0.3, 0.4) is 0 Å². The molecule has 0 saturated carbocycles. The van der Waals surface area contributed by atoms with E-state index in [1.165, 1.54) is 11.3 Å². The largest absolute Gasteiger partial charge is 0.485 e. The molecule has 0 spiro atoms. The number of fused-ring (bicyclic) bond motifs is 1. The van der Waals surface area contributed by atoms with Crippen LogP contribution in [0.4, 0.5) is 0 Å². The molecule has 2 aromatic rings. The standard InChI is InChI=1S/C14H11ClO3S/c15-14-6-5-9(19-14)7-10(16)13-8-17-11-3-1-2-4-12(11)18-13/h1-6,13H,7-8H2. The zero-order chi connectivity index (χ0) is 13.2. The van der Waals surface area contributed by atoms with Crippen LogP contribution in [-0.4, -0.2) is 18.5 Å². The lowest BCUT2D eigenvalue weighted by Gasteiger charge is -2.25. The second-order valence-corrected chi connectivity index (χ2v) is 6.01. The van der Waals surface area contributed by atoms with Gasteiger partial charge in [-0.05, 0) is 24.3 Å². The van der Waals surface area contributed by atoms with Crippen LogP contribution in [0.5, 0.6) is 11.5 Å². The minimum absolute atomic E-state index is 0.00743. The number of ether oxygens (including phenoxy) is 2. The summed E-state index contributed by atoms with van der Waals surface area (Å²) in [7, 11) is 0. The summed E-state index contributed by atoms with van der Waals surface area (Å²) in [6.45, 7) is 0.259. The Bertz CT molecular complexity index is 608. The van der Waals surface area contributed by atoms with E-state index < -0.39 is 6.10 Å². The minimum Gasteiger partial charge on any atom is -0.485 e. The summed E-state index contributed by atoms with van der Waals surface area (Å²) in [6.07, 6.45) is -0.219. The predicted octanol–water partition coefficient (Wildman–Crippen LogP) is 3.35. The number of carbonyl (C=O) groups excluding carboxylic acids is 1. The molecule has 1 aliphatic rings. The van der Waals surface area contributed by atoms with E-state index in [-0.39, 0.29) is 12.4 Å². The van der Waals surface area contributed by atoms with Gasteiger partial charge in [0.25, 0.3) is 0 Å². The van der Waals surface area contributed by atoms with Crippen molar-refractivity contribution in [3.63, 3.8) is 0 Å². The first-order chi connectivity index (χ1) is 9.22. The van der Waals surface area contributed by atoms with Crippen LogP contribution in [0.2, 0.25) is 4.34 Å². The molecule has 0 amide bonds. The molecule has 5 heteroatoms. The third-order valence-electron chi connectivity index (χ3n) is 2.85. The van der Waals surface area contributed by atoms with Crippen molar-refractivity contribution in [2.45, 2.75) is 12.5 Å². The molecule has 1 aromatic heterocycles. The van der Waals surface area contributed by atoms with Gasteiger partial charge in [-0.1, -0.05) is 23.7 Å². The van der Waals surface area contributed by atoms with Crippen molar-refractivity contribution in [3.8, 4) is 11.5 Å². The van der Waals surface area contributed by atoms with Crippen molar-refractivity contribution in [2.24, 2.45) is 0 Å². The lowest BCUT2D eigenvalue weighted by Crippen LogP contribution is -2.37. The Balaban J connectivity index is 1.69. The number of hydrogen-bond donors (Lipinski definition) is 0. The predicted molar refractivity (Wildman–Crippen MR) is 74.4 cm³/mol. The highest BCUT2D eigenvalue weighted by molar-refractivity contribution is 7.16. The third kappa shape index (κ3) is 2.74. The molecule has 2 heterocycles. The molecule has 1 unspecified atom stereocenters. The van der Waals surface area contributed by atoms with Gasteiger partial charge in [0.2, 0.25) is 0 Å². The Morgan fingerprint density at radius 2 is 2.05 bits per heavy atom. The Hall–Kier alpha value is -1.52. The molecule has 3 rings (SSSR count). The quantitative estimate of drug-likeness (QED) is 0.871. The van der Waals surface area contributed by atoms with E-state index in [4.69, 9.17) is 21.1 Å². The molecular weight excluding hydrogens is 284 g/mol. The fraction of sp³-hybridized carbons (Fsp3) is 0.214. The molecule has 1 aliphatic heterocycles. The first kappa shape index (κ1) is 12.5. The van der Waals surface area contributed by atoms with Gasteiger partial charge in [0, 0.05) is 11.3 Å². The summed E-state index contributed by atoms with van der Waals surface area (Å²) >= 11 is 7.26. The Labute approximate surface area is 119 Å². The van der Waals surface area contributed by atoms with Crippen LogP contribution in [0.1, 0.15) is 4.88 Å². The SMILES string of the molecule is O=C(Cc1ccc(Cl)s1)C1COc2ccccc2O1. The highest BCUT2D eigenvalue weighted by Crippen LogP contribution is 2.31. The van der Waals surface area contributed by atoms with Gasteiger partial charge < -0.3 is 9.47 Å². The molecule has 0 saturated heterocycles. The van der Waals surface area contributed by atoms with Crippen molar-refractivity contribution < 1.29 is 14.3 Å². The lowest BCUT2D eigenvalue weighted by molar-refractivity contribution is -0.127. The summed E-state index contributed by atoms with van der Waals surface area (Å²) in [6, 6.07) is 11.0. The van der Waals surface area contributed by atoms with Crippen LogP contribution in [0.15, 0.2) is 36.4 Å². The number of Topliss-reactive ketones (excluding diaryl/α,β-unsaturated/α-hetero) is 1. The average molecular weight is 295 g/mol. The highest BCUT2D eigenvalue weighted by atomic mass is 35.5. The summed E-state index contributed by atoms with van der Waals surface area (Å²) in [5, 5.41) is 0. The smallest absolute Gasteiger partial charge is 0.191 e. The number of ketones is 1. The van der Waals surface area contributed by atoms with Crippen molar-refractivity contribution >= 4 is 28.7 Å². The number of thiophene rings is 1. The van der Waals surface area contributed by atoms with Gasteiger partial charge in [0.05, 0.1) is 4.34 Å². The van der Waals surface area contributed by atoms with E-state index in [1.807, 2.05) is 24.3 Å². The normalized spacial score (nSPS) is 17.2. The van der Waals surface area contributed by atoms with Crippen molar-refractivity contribution in [2.75, 3.05) is 6.61 Å². The number of rotatable bonds is 3. The molecule has 1 atom stereocenters. The molecule has 0 aliphatic carbocycles. The monoisotopic (exact) mass is 294 g/mol. The molecule has 3 nitrogen and oxygen atoms in total. The van der Waals surface area contributed by atoms with E-state index in [1.54, 1.807) is 12.1 Å². The molecule has 1 aromatic carbocycles. The van der Waals surface area contributed by atoms with Crippen LogP contribution < -0.4 is 9.47 Å². The number of para-hydroxylation sites is 2. The minimum atomic E-state index is -0.546. The topological polar surface area (TPSA) is 35.5 Å². The Morgan fingerprint density at radius 1 is 1.26 bits per heavy atom. The molecule has 0 N–H and O–H groups in total. The third-order valence-corrected chi connectivity index (χ3v) is 4.08. The van der Waals surface area contributed by atoms with Gasteiger partial charge in [-0.2, -0.15) is 0 Å². The first-order valence-electron chi connectivity index (χ1n) is 5.88. The Kier molecular flexibility index (Phi) is 3.44. The zero-order valence-corrected chi connectivity index (χ0v) is 11.5. The summed E-state index contributed by atoms with van der Waals surface area (Å²) in [5.74, 6) is 1.31. The van der Waals surface area contributed by atoms with E-state index in [2.05, 4.69) is 0 Å². The molecule has 0 bridgehead atoms. The molecular formula is C14H11ClO3S. The molecule has 0 fully saturated rings. The van der Waals surface area contributed by atoms with Gasteiger partial charge in [0.1, 0.15) is 6.61 Å². The first-order valence-corrected chi connectivity index (χ1v) is 7.07. The van der Waals surface area contributed by atoms with Crippen molar-refractivity contribution in [1.82, 2.24) is 0 Å². The fourth-order valence-electron chi connectivity index (χ4n) is 1.91. The maximum atomic E-state index is 12.1. The van der Waals surface area contributed by atoms with Gasteiger partial charge >= 0.3 is 0 Å². The van der Waals surface area contributed by atoms with Gasteiger partial charge in [-0.15, -0.1) is 11.3 Å². The van der Waals surface area contributed by atoms with Crippen LogP contribution in [0, 0.1) is 0 Å². The lowest BCUT2D eigenvalue weighted by atomic mass is 10.1. The highest BCUT2D eigenvalue weighted by Gasteiger charge is 2.27. The van der Waals surface area contributed by atoms with Crippen LogP contribution in [0.25, 0.3) is 0 Å². The molecule has 19 heavy (non-hydrogen) atoms. The second kappa shape index (κ2) is 5.23. The van der Waals surface area contributed by atoms with E-state index >= 15 is 0 Å². The molecule has 0 radical (unpaired) electrons. The second-order valence-electron chi connectivity index (χ2n) is 4.21.